The Morgan fingerprint density at radius 2 is 1.78 bits per heavy atom. The molecule has 200 valence electrons. The van der Waals surface area contributed by atoms with Crippen LogP contribution in [0.5, 0.6) is 17.2 Å². The lowest BCUT2D eigenvalue weighted by Gasteiger charge is -2.31. The molecule has 1 fully saturated rings. The highest BCUT2D eigenvalue weighted by Crippen LogP contribution is 2.47. The molecule has 0 radical (unpaired) electrons. The molecule has 4 rings (SSSR count). The topological polar surface area (TPSA) is 91.4 Å². The van der Waals surface area contributed by atoms with Crippen molar-refractivity contribution in [1.82, 2.24) is 9.80 Å². The Labute approximate surface area is 226 Å². The number of carbonyl (C=O) groups is 2. The minimum atomic E-state index is -1.14. The summed E-state index contributed by atoms with van der Waals surface area (Å²) in [5, 5.41) is 13.5. The number of likely N-dealkylation sites (tertiary alicyclic amines) is 1. The van der Waals surface area contributed by atoms with Crippen molar-refractivity contribution >= 4 is 27.8 Å². The van der Waals surface area contributed by atoms with E-state index in [2.05, 4.69) is 22.9 Å². The Bertz CT molecular complexity index is 1070. The van der Waals surface area contributed by atoms with Crippen molar-refractivity contribution in [3.63, 3.8) is 0 Å². The number of amides is 1. The van der Waals surface area contributed by atoms with Crippen LogP contribution in [0.2, 0.25) is 0 Å². The summed E-state index contributed by atoms with van der Waals surface area (Å²) in [4.78, 5) is 30.1. The number of alkyl halides is 1. The average molecular weight is 574 g/mol. The molecule has 8 nitrogen and oxygen atoms in total. The molecule has 0 bridgehead atoms. The molecule has 1 amide bonds. The van der Waals surface area contributed by atoms with E-state index in [4.69, 9.17) is 14.2 Å². The number of ether oxygens (including phenoxy) is 3. The molecule has 0 saturated carbocycles. The number of methoxy groups -OCH3 is 1. The van der Waals surface area contributed by atoms with E-state index in [1.54, 1.807) is 7.11 Å². The molecule has 0 aliphatic carbocycles. The van der Waals surface area contributed by atoms with E-state index in [1.165, 1.54) is 0 Å². The average Bonchev–Trinajstić information content (AvgIpc) is 3.53. The van der Waals surface area contributed by atoms with Crippen molar-refractivity contribution in [3.05, 3.63) is 53.6 Å². The number of carboxylic acids is 1. The zero-order valence-electron chi connectivity index (χ0n) is 21.4. The maximum absolute atomic E-state index is 13.5. The number of carboxylic acid groups (broad SMARTS) is 1. The van der Waals surface area contributed by atoms with Crippen molar-refractivity contribution in [2.45, 2.75) is 38.1 Å². The van der Waals surface area contributed by atoms with Crippen molar-refractivity contribution in [2.24, 2.45) is 5.92 Å². The lowest BCUT2D eigenvalue weighted by Crippen LogP contribution is -2.43. The Morgan fingerprint density at radius 1 is 1.08 bits per heavy atom. The van der Waals surface area contributed by atoms with Crippen LogP contribution in [0.1, 0.15) is 49.3 Å². The molecule has 0 N–H and O–H groups in total. The highest BCUT2D eigenvalue weighted by Gasteiger charge is 2.45. The van der Waals surface area contributed by atoms with Gasteiger partial charge in [-0.3, -0.25) is 9.69 Å². The second-order valence-electron chi connectivity index (χ2n) is 9.49. The van der Waals surface area contributed by atoms with Crippen LogP contribution < -0.4 is 19.3 Å². The zero-order valence-corrected chi connectivity index (χ0v) is 22.9. The lowest BCUT2D eigenvalue weighted by atomic mass is 9.82. The van der Waals surface area contributed by atoms with E-state index in [0.717, 1.165) is 35.7 Å². The third-order valence-electron chi connectivity index (χ3n) is 7.19. The summed E-state index contributed by atoms with van der Waals surface area (Å²) in [6.07, 6.45) is 2.78. The smallest absolute Gasteiger partial charge is 0.236 e. The summed E-state index contributed by atoms with van der Waals surface area (Å²) in [6, 6.07) is 12.4. The number of rotatable bonds is 12. The van der Waals surface area contributed by atoms with Gasteiger partial charge in [0.05, 0.1) is 13.7 Å². The van der Waals surface area contributed by atoms with Gasteiger partial charge in [0.2, 0.25) is 12.7 Å². The van der Waals surface area contributed by atoms with Gasteiger partial charge in [-0.1, -0.05) is 47.5 Å². The van der Waals surface area contributed by atoms with Crippen LogP contribution in [0.3, 0.4) is 0 Å². The normalized spacial score (nSPS) is 20.7. The number of carbonyl (C=O) groups excluding carboxylic acids is 2. The molecule has 2 aromatic rings. The number of hydrogen-bond donors (Lipinski definition) is 0. The van der Waals surface area contributed by atoms with Gasteiger partial charge < -0.3 is 29.0 Å². The van der Waals surface area contributed by atoms with Crippen LogP contribution in [0, 0.1) is 5.92 Å². The van der Waals surface area contributed by atoms with Crippen LogP contribution in [0.15, 0.2) is 42.5 Å². The number of aliphatic carboxylic acids is 1. The molecule has 3 atom stereocenters. The van der Waals surface area contributed by atoms with Crippen LogP contribution in [0.25, 0.3) is 0 Å². The van der Waals surface area contributed by atoms with Crippen molar-refractivity contribution in [3.8, 4) is 17.2 Å². The van der Waals surface area contributed by atoms with Gasteiger partial charge in [0.25, 0.3) is 0 Å². The van der Waals surface area contributed by atoms with E-state index >= 15 is 0 Å². The van der Waals surface area contributed by atoms with Gasteiger partial charge >= 0.3 is 0 Å². The van der Waals surface area contributed by atoms with Gasteiger partial charge in [0, 0.05) is 48.8 Å². The Morgan fingerprint density at radius 3 is 2.46 bits per heavy atom. The second kappa shape index (κ2) is 12.6. The number of fused-ring (bicyclic) bond motifs is 1. The van der Waals surface area contributed by atoms with Crippen molar-refractivity contribution < 1.29 is 28.9 Å². The lowest BCUT2D eigenvalue weighted by molar-refractivity contribution is -0.312. The fraction of sp³-hybridized carbons (Fsp3) is 0.500. The van der Waals surface area contributed by atoms with Gasteiger partial charge in [0.1, 0.15) is 5.75 Å². The van der Waals surface area contributed by atoms with Crippen LogP contribution in [-0.4, -0.2) is 67.1 Å². The summed E-state index contributed by atoms with van der Waals surface area (Å²) >= 11 is 3.46. The first kappa shape index (κ1) is 27.3. The van der Waals surface area contributed by atoms with E-state index in [-0.39, 0.29) is 25.2 Å². The third-order valence-corrected chi connectivity index (χ3v) is 7.75. The monoisotopic (exact) mass is 573 g/mol. The first-order chi connectivity index (χ1) is 18.0. The van der Waals surface area contributed by atoms with Crippen LogP contribution in [-0.2, 0) is 9.59 Å². The Kier molecular flexibility index (Phi) is 9.32. The zero-order chi connectivity index (χ0) is 26.4. The maximum Gasteiger partial charge on any atom is 0.236 e. The number of nitrogens with zero attached hydrogens (tertiary/aromatic N) is 2. The third kappa shape index (κ3) is 6.21. The van der Waals surface area contributed by atoms with Crippen LogP contribution in [0.4, 0.5) is 0 Å². The number of unbranched alkanes of at least 4 members (excludes halogenated alkanes) is 1. The predicted molar refractivity (Wildman–Crippen MR) is 141 cm³/mol. The van der Waals surface area contributed by atoms with E-state index in [1.807, 2.05) is 52.3 Å². The van der Waals surface area contributed by atoms with E-state index < -0.39 is 17.9 Å². The molecule has 2 aliphatic heterocycles. The first-order valence-corrected chi connectivity index (χ1v) is 13.9. The summed E-state index contributed by atoms with van der Waals surface area (Å²) in [5.41, 5.74) is 1.64. The van der Waals surface area contributed by atoms with E-state index in [0.29, 0.717) is 36.9 Å². The van der Waals surface area contributed by atoms with E-state index in [9.17, 15) is 14.7 Å². The quantitative estimate of drug-likeness (QED) is 0.359. The largest absolute Gasteiger partial charge is 0.550 e. The number of benzene rings is 2. The molecular weight excluding hydrogens is 540 g/mol. The molecule has 0 aromatic heterocycles. The fourth-order valence-corrected chi connectivity index (χ4v) is 5.54. The molecule has 1 saturated heterocycles. The van der Waals surface area contributed by atoms with Crippen LogP contribution >= 0.6 is 15.9 Å². The molecule has 2 aliphatic rings. The standard InChI is InChI=1S/C28H35BrN2O6/c1-3-4-13-30(14-5-12-29)25(32)17-31-16-22(20-8-11-23-24(15-20)37-18-36-23)26(28(33)34)27(31)19-6-9-21(35-2)10-7-19/h6-11,15,22,26-27H,3-5,12-14,16-18H2,1-2H3,(H,33,34)/p-1. The Balaban J connectivity index is 1.67. The maximum atomic E-state index is 13.5. The molecule has 3 unspecified atom stereocenters. The molecule has 2 heterocycles. The van der Waals surface area contributed by atoms with Gasteiger partial charge in [-0.25, -0.2) is 0 Å². The summed E-state index contributed by atoms with van der Waals surface area (Å²) in [7, 11) is 1.59. The first-order valence-electron chi connectivity index (χ1n) is 12.8. The highest BCUT2D eigenvalue weighted by molar-refractivity contribution is 9.09. The van der Waals surface area contributed by atoms with Gasteiger partial charge in [0.15, 0.2) is 11.5 Å². The Hall–Kier alpha value is -2.78. The molecule has 9 heteroatoms. The molecule has 37 heavy (non-hydrogen) atoms. The SMILES string of the molecule is CCCCN(CCCBr)C(=O)CN1CC(c2ccc3c(c2)OCO3)C(C(=O)[O-])C1c1ccc(OC)cc1. The summed E-state index contributed by atoms with van der Waals surface area (Å²) in [6.45, 7) is 4.14. The minimum Gasteiger partial charge on any atom is -0.550 e. The highest BCUT2D eigenvalue weighted by atomic mass is 79.9. The second-order valence-corrected chi connectivity index (χ2v) is 10.3. The fourth-order valence-electron chi connectivity index (χ4n) is 5.29. The summed E-state index contributed by atoms with van der Waals surface area (Å²) in [5.74, 6) is -0.437. The van der Waals surface area contributed by atoms with Gasteiger partial charge in [-0.2, -0.15) is 0 Å². The number of halogens is 1. The number of hydrogen-bond acceptors (Lipinski definition) is 7. The van der Waals surface area contributed by atoms with Crippen molar-refractivity contribution in [1.29, 1.82) is 0 Å². The summed E-state index contributed by atoms with van der Waals surface area (Å²) < 4.78 is 16.3. The molecule has 0 spiro atoms. The molecular formula is C28H34BrN2O6-. The predicted octanol–water partition coefficient (Wildman–Crippen LogP) is 3.34. The van der Waals surface area contributed by atoms with Gasteiger partial charge in [-0.05, 0) is 48.2 Å². The van der Waals surface area contributed by atoms with Gasteiger partial charge in [-0.15, -0.1) is 0 Å². The molecule has 2 aromatic carbocycles. The van der Waals surface area contributed by atoms with Crippen molar-refractivity contribution in [2.75, 3.05) is 45.4 Å². The minimum absolute atomic E-state index is 0.0105.